The van der Waals surface area contributed by atoms with Gasteiger partial charge in [0.2, 0.25) is 0 Å². The van der Waals surface area contributed by atoms with E-state index in [1.807, 2.05) is 17.5 Å². The van der Waals surface area contributed by atoms with E-state index in [9.17, 15) is 4.79 Å². The second-order valence-electron chi connectivity index (χ2n) is 5.16. The lowest BCUT2D eigenvalue weighted by Crippen LogP contribution is -2.23. The first-order valence-electron chi connectivity index (χ1n) is 7.00. The number of thiophene rings is 1. The first-order valence-corrected chi connectivity index (χ1v) is 7.88. The molecule has 0 spiro atoms. The molecule has 0 fully saturated rings. The Morgan fingerprint density at radius 1 is 1.33 bits per heavy atom. The summed E-state index contributed by atoms with van der Waals surface area (Å²) in [6, 6.07) is 10.5. The average Bonchev–Trinajstić information content (AvgIpc) is 2.98. The third-order valence-electron chi connectivity index (χ3n) is 3.52. The number of aryl methyl sites for hydroxylation is 2. The number of nitrogens with one attached hydrogen (secondary N) is 1. The van der Waals surface area contributed by atoms with Crippen LogP contribution in [0.3, 0.4) is 0 Å². The molecule has 0 aliphatic rings. The summed E-state index contributed by atoms with van der Waals surface area (Å²) in [5, 5.41) is 5.50. The fraction of sp³-hybridized carbons (Fsp3) is 0.353. The van der Waals surface area contributed by atoms with E-state index in [0.717, 1.165) is 11.4 Å². The summed E-state index contributed by atoms with van der Waals surface area (Å²) >= 11 is 1.66. The highest BCUT2D eigenvalue weighted by atomic mass is 32.1. The van der Waals surface area contributed by atoms with E-state index in [0.29, 0.717) is 6.42 Å². The smallest absolute Gasteiger partial charge is 0.307 e. The van der Waals surface area contributed by atoms with Crippen molar-refractivity contribution >= 4 is 17.3 Å². The Morgan fingerprint density at radius 2 is 2.14 bits per heavy atom. The molecule has 1 heterocycles. The van der Waals surface area contributed by atoms with Crippen LogP contribution in [-0.4, -0.2) is 13.1 Å². The van der Waals surface area contributed by atoms with Crippen LogP contribution < -0.4 is 5.32 Å². The van der Waals surface area contributed by atoms with Gasteiger partial charge in [-0.2, -0.15) is 0 Å². The van der Waals surface area contributed by atoms with E-state index in [2.05, 4.69) is 37.4 Å². The van der Waals surface area contributed by atoms with E-state index < -0.39 is 0 Å². The lowest BCUT2D eigenvalue weighted by molar-refractivity contribution is -0.141. The van der Waals surface area contributed by atoms with Gasteiger partial charge in [0, 0.05) is 11.4 Å². The van der Waals surface area contributed by atoms with E-state index in [-0.39, 0.29) is 12.0 Å². The largest absolute Gasteiger partial charge is 0.469 e. The standard InChI is InChI=1S/C17H21NO2S/c1-12-6-7-14(13(2)9-12)11-18-15(10-17(19)20-3)16-5-4-8-21-16/h4-9,15,18H,10-11H2,1-3H3. The zero-order chi connectivity index (χ0) is 15.2. The van der Waals surface area contributed by atoms with Crippen molar-refractivity contribution in [3.8, 4) is 0 Å². The van der Waals surface area contributed by atoms with Crippen LogP contribution in [0.1, 0.15) is 34.0 Å². The summed E-state index contributed by atoms with van der Waals surface area (Å²) in [5.41, 5.74) is 3.79. The zero-order valence-corrected chi connectivity index (χ0v) is 13.5. The van der Waals surface area contributed by atoms with E-state index in [1.165, 1.54) is 23.8 Å². The molecule has 3 nitrogen and oxygen atoms in total. The molecule has 4 heteroatoms. The average molecular weight is 303 g/mol. The van der Waals surface area contributed by atoms with Gasteiger partial charge in [-0.15, -0.1) is 11.3 Å². The van der Waals surface area contributed by atoms with Crippen molar-refractivity contribution in [2.45, 2.75) is 32.9 Å². The minimum absolute atomic E-state index is 0.00171. The molecule has 112 valence electrons. The summed E-state index contributed by atoms with van der Waals surface area (Å²) in [4.78, 5) is 12.7. The Bertz CT molecular complexity index is 593. The van der Waals surface area contributed by atoms with Crippen LogP contribution in [0, 0.1) is 13.8 Å². The molecule has 0 radical (unpaired) electrons. The van der Waals surface area contributed by atoms with Crippen molar-refractivity contribution in [2.24, 2.45) is 0 Å². The van der Waals surface area contributed by atoms with Gasteiger partial charge in [-0.3, -0.25) is 4.79 Å². The zero-order valence-electron chi connectivity index (χ0n) is 12.7. The molecule has 1 aromatic heterocycles. The first-order chi connectivity index (χ1) is 10.1. The lowest BCUT2D eigenvalue weighted by atomic mass is 10.0. The Morgan fingerprint density at radius 3 is 2.76 bits per heavy atom. The van der Waals surface area contributed by atoms with E-state index in [1.54, 1.807) is 11.3 Å². The molecule has 0 aliphatic carbocycles. The molecule has 0 amide bonds. The highest BCUT2D eigenvalue weighted by Crippen LogP contribution is 2.23. The summed E-state index contributed by atoms with van der Waals surface area (Å²) in [5.74, 6) is -0.193. The number of methoxy groups -OCH3 is 1. The number of esters is 1. The first kappa shape index (κ1) is 15.7. The summed E-state index contributed by atoms with van der Waals surface area (Å²) in [7, 11) is 1.43. The van der Waals surface area contributed by atoms with Crippen LogP contribution in [0.5, 0.6) is 0 Å². The Balaban J connectivity index is 2.06. The fourth-order valence-corrected chi connectivity index (χ4v) is 3.09. The second-order valence-corrected chi connectivity index (χ2v) is 6.14. The van der Waals surface area contributed by atoms with Crippen molar-refractivity contribution < 1.29 is 9.53 Å². The van der Waals surface area contributed by atoms with Gasteiger partial charge in [-0.1, -0.05) is 29.8 Å². The number of benzene rings is 1. The van der Waals surface area contributed by atoms with Gasteiger partial charge in [-0.25, -0.2) is 0 Å². The lowest BCUT2D eigenvalue weighted by Gasteiger charge is -2.17. The van der Waals surface area contributed by atoms with Crippen molar-refractivity contribution in [2.75, 3.05) is 7.11 Å². The topological polar surface area (TPSA) is 38.3 Å². The van der Waals surface area contributed by atoms with Crippen molar-refractivity contribution in [1.29, 1.82) is 0 Å². The predicted molar refractivity (Wildman–Crippen MR) is 86.4 cm³/mol. The van der Waals surface area contributed by atoms with E-state index in [4.69, 9.17) is 4.74 Å². The van der Waals surface area contributed by atoms with Crippen LogP contribution in [0.25, 0.3) is 0 Å². The van der Waals surface area contributed by atoms with Gasteiger partial charge in [0.1, 0.15) is 0 Å². The summed E-state index contributed by atoms with van der Waals surface area (Å²) in [6.45, 7) is 4.95. The summed E-state index contributed by atoms with van der Waals surface area (Å²) in [6.07, 6.45) is 0.349. The maximum absolute atomic E-state index is 11.6. The third kappa shape index (κ3) is 4.41. The molecule has 21 heavy (non-hydrogen) atoms. The molecular weight excluding hydrogens is 282 g/mol. The van der Waals surface area contributed by atoms with Gasteiger partial charge >= 0.3 is 5.97 Å². The Hall–Kier alpha value is -1.65. The van der Waals surface area contributed by atoms with Crippen LogP contribution in [-0.2, 0) is 16.1 Å². The molecule has 2 rings (SSSR count). The molecule has 1 aromatic carbocycles. The van der Waals surface area contributed by atoms with Crippen LogP contribution in [0.4, 0.5) is 0 Å². The molecule has 0 saturated heterocycles. The van der Waals surface area contributed by atoms with Gasteiger partial charge in [0.05, 0.1) is 19.6 Å². The second kappa shape index (κ2) is 7.38. The highest BCUT2D eigenvalue weighted by Gasteiger charge is 2.17. The molecule has 1 atom stereocenters. The summed E-state index contributed by atoms with van der Waals surface area (Å²) < 4.78 is 4.80. The number of ether oxygens (including phenoxy) is 1. The number of carbonyl (C=O) groups is 1. The van der Waals surface area contributed by atoms with Crippen LogP contribution >= 0.6 is 11.3 Å². The van der Waals surface area contributed by atoms with Gasteiger partial charge in [0.15, 0.2) is 0 Å². The predicted octanol–water partition coefficient (Wildman–Crippen LogP) is 3.76. The maximum atomic E-state index is 11.6. The highest BCUT2D eigenvalue weighted by molar-refractivity contribution is 7.10. The van der Waals surface area contributed by atoms with Gasteiger partial charge < -0.3 is 10.1 Å². The SMILES string of the molecule is COC(=O)CC(NCc1ccc(C)cc1C)c1cccs1. The normalized spacial score (nSPS) is 12.1. The van der Waals surface area contributed by atoms with Crippen molar-refractivity contribution in [3.05, 3.63) is 57.3 Å². The van der Waals surface area contributed by atoms with E-state index >= 15 is 0 Å². The number of hydrogen-bond donors (Lipinski definition) is 1. The number of carbonyl (C=O) groups excluding carboxylic acids is 1. The molecule has 1 unspecified atom stereocenters. The molecule has 0 saturated carbocycles. The molecular formula is C17H21NO2S. The van der Waals surface area contributed by atoms with Crippen molar-refractivity contribution in [3.63, 3.8) is 0 Å². The fourth-order valence-electron chi connectivity index (χ4n) is 2.29. The third-order valence-corrected chi connectivity index (χ3v) is 4.51. The molecule has 0 aliphatic heterocycles. The number of hydrogen-bond acceptors (Lipinski definition) is 4. The maximum Gasteiger partial charge on any atom is 0.307 e. The minimum Gasteiger partial charge on any atom is -0.469 e. The Labute approximate surface area is 130 Å². The van der Waals surface area contributed by atoms with Gasteiger partial charge in [0.25, 0.3) is 0 Å². The monoisotopic (exact) mass is 303 g/mol. The van der Waals surface area contributed by atoms with Gasteiger partial charge in [-0.05, 0) is 36.4 Å². The number of rotatable bonds is 6. The van der Waals surface area contributed by atoms with Crippen molar-refractivity contribution in [1.82, 2.24) is 5.32 Å². The molecule has 0 bridgehead atoms. The molecule has 1 N–H and O–H groups in total. The molecule has 2 aromatic rings. The minimum atomic E-state index is -0.193. The van der Waals surface area contributed by atoms with Crippen LogP contribution in [0.2, 0.25) is 0 Å². The van der Waals surface area contributed by atoms with Crippen LogP contribution in [0.15, 0.2) is 35.7 Å². The quantitative estimate of drug-likeness (QED) is 0.826. The Kier molecular flexibility index (Phi) is 5.53.